The van der Waals surface area contributed by atoms with Crippen LogP contribution in [0.25, 0.3) is 16.8 Å². The molecule has 0 saturated carbocycles. The van der Waals surface area contributed by atoms with Gasteiger partial charge in [0.05, 0.1) is 38.5 Å². The molecule has 3 N–H and O–H groups in total. The van der Waals surface area contributed by atoms with E-state index in [4.69, 9.17) is 10.5 Å². The highest BCUT2D eigenvalue weighted by Crippen LogP contribution is 2.34. The fourth-order valence-corrected chi connectivity index (χ4v) is 4.98. The van der Waals surface area contributed by atoms with Crippen molar-refractivity contribution in [1.82, 2.24) is 34.7 Å². The number of halogens is 6. The monoisotopic (exact) mass is 586 g/mol. The predicted molar refractivity (Wildman–Crippen MR) is 131 cm³/mol. The third-order valence-corrected chi connectivity index (χ3v) is 6.82. The number of nitrogens with one attached hydrogen (secondary N) is 1. The summed E-state index contributed by atoms with van der Waals surface area (Å²) in [6.07, 6.45) is -5.71. The van der Waals surface area contributed by atoms with Crippen LogP contribution in [0.4, 0.5) is 32.2 Å². The Balaban J connectivity index is 1.40. The number of anilines is 1. The van der Waals surface area contributed by atoms with Crippen molar-refractivity contribution in [2.75, 3.05) is 39.0 Å². The molecule has 220 valence electrons. The summed E-state index contributed by atoms with van der Waals surface area (Å²) in [7, 11) is 1.26. The molecule has 11 nitrogen and oxygen atoms in total. The molecule has 0 radical (unpaired) electrons. The summed E-state index contributed by atoms with van der Waals surface area (Å²) in [5, 5.41) is 6.62. The van der Waals surface area contributed by atoms with Crippen LogP contribution in [0.1, 0.15) is 22.3 Å². The minimum absolute atomic E-state index is 0.104. The van der Waals surface area contributed by atoms with Crippen LogP contribution in [-0.4, -0.2) is 98.8 Å². The Labute approximate surface area is 228 Å². The van der Waals surface area contributed by atoms with Gasteiger partial charge in [-0.1, -0.05) is 0 Å². The Morgan fingerprint density at radius 1 is 1.20 bits per heavy atom. The number of nitrogens with two attached hydrogens (primary N) is 1. The van der Waals surface area contributed by atoms with Crippen molar-refractivity contribution in [3.05, 3.63) is 35.8 Å². The Morgan fingerprint density at radius 3 is 2.59 bits per heavy atom. The number of rotatable bonds is 7. The zero-order valence-corrected chi connectivity index (χ0v) is 21.5. The maximum Gasteiger partial charge on any atom is 0.397 e. The number of alkyl halides is 6. The van der Waals surface area contributed by atoms with Gasteiger partial charge in [0.15, 0.2) is 5.82 Å². The third-order valence-electron chi connectivity index (χ3n) is 6.82. The van der Waals surface area contributed by atoms with Crippen LogP contribution >= 0.6 is 0 Å². The number of hydrogen-bond acceptors (Lipinski definition) is 8. The quantitative estimate of drug-likeness (QED) is 0.403. The molecule has 5 heterocycles. The first kappa shape index (κ1) is 28.4. The molecular formula is C24H24F6N8O3. The van der Waals surface area contributed by atoms with E-state index >= 15 is 0 Å². The maximum absolute atomic E-state index is 14.6. The largest absolute Gasteiger partial charge is 0.480 e. The second kappa shape index (κ2) is 10.4. The number of likely N-dealkylation sites (tertiary alicyclic amines) is 2. The first-order valence-electron chi connectivity index (χ1n) is 12.3. The zero-order chi connectivity index (χ0) is 29.7. The Morgan fingerprint density at radius 2 is 1.93 bits per heavy atom. The highest BCUT2D eigenvalue weighted by atomic mass is 19.4. The summed E-state index contributed by atoms with van der Waals surface area (Å²) in [6, 6.07) is 1.77. The van der Waals surface area contributed by atoms with Crippen LogP contribution in [0.2, 0.25) is 0 Å². The van der Waals surface area contributed by atoms with E-state index in [0.29, 0.717) is 27.2 Å². The number of nitrogens with zero attached hydrogens (tertiary/aromatic N) is 6. The van der Waals surface area contributed by atoms with Crippen molar-refractivity contribution in [2.24, 2.45) is 0 Å². The van der Waals surface area contributed by atoms with Gasteiger partial charge in [0.25, 0.3) is 11.8 Å². The Bertz CT molecular complexity index is 1490. The van der Waals surface area contributed by atoms with Crippen molar-refractivity contribution in [3.8, 4) is 17.1 Å². The molecule has 0 aromatic carbocycles. The lowest BCUT2D eigenvalue weighted by Crippen LogP contribution is -2.55. The fourth-order valence-electron chi connectivity index (χ4n) is 4.98. The molecule has 0 aliphatic carbocycles. The number of hydrogen-bond donors (Lipinski definition) is 2. The molecule has 0 bridgehead atoms. The number of ether oxygens (including phenoxy) is 1. The summed E-state index contributed by atoms with van der Waals surface area (Å²) in [5.41, 5.74) is 7.62. The van der Waals surface area contributed by atoms with Gasteiger partial charge in [-0.2, -0.15) is 18.3 Å². The highest BCUT2D eigenvalue weighted by Gasteiger charge is 2.44. The fraction of sp³-hybridized carbons (Fsp3) is 0.458. The van der Waals surface area contributed by atoms with E-state index < -0.39 is 68.7 Å². The first-order chi connectivity index (χ1) is 19.2. The SMILES string of the molecule is COc1ncc(-c2cc(CN3CC(F)(F)C3)c3c(N)ncnn23)cc1C(=O)N[C@@H]1CN(C(=O)CC(F)(F)F)C[C@@H]1F. The smallest absolute Gasteiger partial charge is 0.397 e. The molecule has 41 heavy (non-hydrogen) atoms. The lowest BCUT2D eigenvalue weighted by Gasteiger charge is -2.38. The first-order valence-corrected chi connectivity index (χ1v) is 12.3. The van der Waals surface area contributed by atoms with Gasteiger partial charge in [-0.25, -0.2) is 27.7 Å². The van der Waals surface area contributed by atoms with E-state index in [1.54, 1.807) is 6.07 Å². The van der Waals surface area contributed by atoms with Crippen molar-refractivity contribution < 1.29 is 40.7 Å². The zero-order valence-electron chi connectivity index (χ0n) is 21.5. The number of fused-ring (bicyclic) bond motifs is 1. The second-order valence-electron chi connectivity index (χ2n) is 9.93. The minimum Gasteiger partial charge on any atom is -0.480 e. The molecule has 2 saturated heterocycles. The Kier molecular flexibility index (Phi) is 7.17. The average molecular weight is 586 g/mol. The third kappa shape index (κ3) is 5.84. The van der Waals surface area contributed by atoms with Crippen molar-refractivity contribution in [3.63, 3.8) is 0 Å². The van der Waals surface area contributed by atoms with Crippen LogP contribution in [0.3, 0.4) is 0 Å². The van der Waals surface area contributed by atoms with Gasteiger partial charge in [0.2, 0.25) is 11.8 Å². The van der Waals surface area contributed by atoms with Crippen LogP contribution in [0.5, 0.6) is 5.88 Å². The molecular weight excluding hydrogens is 562 g/mol. The maximum atomic E-state index is 14.6. The van der Waals surface area contributed by atoms with Crippen molar-refractivity contribution in [2.45, 2.75) is 37.3 Å². The van der Waals surface area contributed by atoms with E-state index in [0.717, 1.165) is 0 Å². The normalized spacial score (nSPS) is 20.7. The Hall–Kier alpha value is -4.15. The lowest BCUT2D eigenvalue weighted by molar-refractivity contribution is -0.160. The lowest BCUT2D eigenvalue weighted by atomic mass is 10.1. The van der Waals surface area contributed by atoms with E-state index in [2.05, 4.69) is 20.4 Å². The summed E-state index contributed by atoms with van der Waals surface area (Å²) >= 11 is 0. The number of carbonyl (C=O) groups is 2. The van der Waals surface area contributed by atoms with Crippen LogP contribution < -0.4 is 15.8 Å². The van der Waals surface area contributed by atoms with Gasteiger partial charge < -0.3 is 20.7 Å². The predicted octanol–water partition coefficient (Wildman–Crippen LogP) is 2.06. The van der Waals surface area contributed by atoms with E-state index in [1.165, 1.54) is 35.1 Å². The van der Waals surface area contributed by atoms with Crippen LogP contribution in [0.15, 0.2) is 24.7 Å². The number of carbonyl (C=O) groups excluding carboxylic acids is 2. The van der Waals surface area contributed by atoms with Gasteiger partial charge >= 0.3 is 6.18 Å². The van der Waals surface area contributed by atoms with Gasteiger partial charge in [0.1, 0.15) is 30.0 Å². The van der Waals surface area contributed by atoms with Gasteiger partial charge in [-0.05, 0) is 17.7 Å². The molecule has 5 rings (SSSR count). The van der Waals surface area contributed by atoms with Gasteiger partial charge in [-0.15, -0.1) is 0 Å². The minimum atomic E-state index is -4.75. The number of methoxy groups -OCH3 is 1. The molecule has 3 aromatic rings. The van der Waals surface area contributed by atoms with Gasteiger partial charge in [0, 0.05) is 24.8 Å². The van der Waals surface area contributed by atoms with Crippen LogP contribution in [0, 0.1) is 0 Å². The summed E-state index contributed by atoms with van der Waals surface area (Å²) in [6.45, 7) is -1.75. The van der Waals surface area contributed by atoms with E-state index in [1.807, 2.05) is 0 Å². The molecule has 3 aromatic heterocycles. The second-order valence-corrected chi connectivity index (χ2v) is 9.93. The summed E-state index contributed by atoms with van der Waals surface area (Å²) < 4.78 is 85.8. The molecule has 2 aliphatic rings. The average Bonchev–Trinajstić information content (AvgIpc) is 3.42. The topological polar surface area (TPSA) is 131 Å². The summed E-state index contributed by atoms with van der Waals surface area (Å²) in [5.74, 6) is -4.93. The standard InChI is InChI=1S/C24H24F6N8O3/c1-41-22-14(21(40)35-16-8-37(7-15(16)25)18(39)4-24(28,29)30)2-12(5-32-22)17-3-13(6-36-9-23(26,27)10-36)19-20(31)33-11-34-38(17)19/h2-3,5,11,15-16H,4,6-10H2,1H3,(H,35,40)(H2,31,33,34)/t15-,16+/m0/s1. The van der Waals surface area contributed by atoms with Crippen LogP contribution in [-0.2, 0) is 11.3 Å². The summed E-state index contributed by atoms with van der Waals surface area (Å²) in [4.78, 5) is 35.4. The number of pyridine rings is 1. The van der Waals surface area contributed by atoms with Crippen molar-refractivity contribution in [1.29, 1.82) is 0 Å². The molecule has 2 aliphatic heterocycles. The van der Waals surface area contributed by atoms with Gasteiger partial charge in [-0.3, -0.25) is 14.5 Å². The highest BCUT2D eigenvalue weighted by molar-refractivity contribution is 5.98. The number of aromatic nitrogens is 4. The molecule has 0 unspecified atom stereocenters. The molecule has 0 spiro atoms. The molecule has 2 amide bonds. The van der Waals surface area contributed by atoms with E-state index in [-0.39, 0.29) is 23.8 Å². The molecule has 2 fully saturated rings. The number of amides is 2. The number of nitrogen functional groups attached to an aromatic ring is 1. The molecule has 2 atom stereocenters. The van der Waals surface area contributed by atoms with Crippen molar-refractivity contribution >= 4 is 23.1 Å². The van der Waals surface area contributed by atoms with E-state index in [9.17, 15) is 35.9 Å². The molecule has 17 heteroatoms.